The maximum absolute atomic E-state index is 13.5. The quantitative estimate of drug-likeness (QED) is 0.549. The highest BCUT2D eigenvalue weighted by atomic mass is 32.2. The fourth-order valence-corrected chi connectivity index (χ4v) is 5.85. The molecule has 1 aliphatic heterocycles. The van der Waals surface area contributed by atoms with Crippen LogP contribution in [-0.2, 0) is 21.4 Å². The smallest absolute Gasteiger partial charge is 0.248 e. The van der Waals surface area contributed by atoms with Gasteiger partial charge in [0.1, 0.15) is 5.69 Å². The van der Waals surface area contributed by atoms with Gasteiger partial charge in [0.2, 0.25) is 15.9 Å². The molecule has 1 saturated heterocycles. The molecule has 1 aliphatic rings. The summed E-state index contributed by atoms with van der Waals surface area (Å²) in [6.45, 7) is 4.54. The Hall–Kier alpha value is -3.23. The summed E-state index contributed by atoms with van der Waals surface area (Å²) in [5.41, 5.74) is 3.39. The van der Waals surface area contributed by atoms with E-state index >= 15 is 0 Å². The van der Waals surface area contributed by atoms with Gasteiger partial charge in [-0.2, -0.15) is 4.31 Å². The summed E-state index contributed by atoms with van der Waals surface area (Å²) in [6.07, 6.45) is 4.67. The normalized spacial score (nSPS) is 17.2. The third-order valence-electron chi connectivity index (χ3n) is 6.00. The van der Waals surface area contributed by atoms with E-state index < -0.39 is 15.9 Å². The lowest BCUT2D eigenvalue weighted by Crippen LogP contribution is -2.45. The molecule has 1 unspecified atom stereocenters. The number of piperidine rings is 1. The minimum absolute atomic E-state index is 0.0559. The number of aromatic nitrogens is 1. The van der Waals surface area contributed by atoms with E-state index in [0.29, 0.717) is 31.6 Å². The van der Waals surface area contributed by atoms with E-state index in [-0.39, 0.29) is 23.1 Å². The predicted octanol–water partition coefficient (Wildman–Crippen LogP) is 4.18. The van der Waals surface area contributed by atoms with Crippen molar-refractivity contribution >= 4 is 28.1 Å². The average molecular weight is 480 g/mol. The van der Waals surface area contributed by atoms with Gasteiger partial charge in [-0.15, -0.1) is 0 Å². The molecular formula is C26H29N3O4S. The molecule has 1 N–H and O–H groups in total. The predicted molar refractivity (Wildman–Crippen MR) is 131 cm³/mol. The summed E-state index contributed by atoms with van der Waals surface area (Å²) in [5, 5.41) is 6.86. The zero-order chi connectivity index (χ0) is 24.1. The molecule has 7 nitrogen and oxygen atoms in total. The highest BCUT2D eigenvalue weighted by Gasteiger charge is 2.36. The van der Waals surface area contributed by atoms with Gasteiger partial charge in [0.05, 0.1) is 5.92 Å². The Morgan fingerprint density at radius 1 is 1.12 bits per heavy atom. The molecule has 178 valence electrons. The van der Waals surface area contributed by atoms with Crippen LogP contribution >= 0.6 is 0 Å². The Morgan fingerprint density at radius 2 is 1.85 bits per heavy atom. The van der Waals surface area contributed by atoms with E-state index in [2.05, 4.69) is 10.5 Å². The van der Waals surface area contributed by atoms with Crippen molar-refractivity contribution in [1.82, 2.24) is 14.8 Å². The second kappa shape index (κ2) is 10.4. The number of hydrogen-bond donors (Lipinski definition) is 1. The fourth-order valence-electron chi connectivity index (χ4n) is 4.08. The standard InChI is InChI=1S/C26H29N3O4S/c1-19-10-12-22(13-11-19)17-27-26(30)23-9-6-16-29(18-23)34(31,32)25-20(2)28-33-24(25)15-14-21-7-4-3-5-8-21/h3-5,7-8,10-15,23H,6,9,16-18H2,1-2H3,(H,27,30). The number of carbonyl (C=O) groups excluding carboxylic acids is 1. The fraction of sp³-hybridized carbons (Fsp3) is 0.308. The number of rotatable bonds is 7. The molecule has 0 aliphatic carbocycles. The molecule has 2 aromatic carbocycles. The molecule has 0 spiro atoms. The molecule has 8 heteroatoms. The van der Waals surface area contributed by atoms with Crippen LogP contribution in [0.15, 0.2) is 64.0 Å². The monoisotopic (exact) mass is 479 g/mol. The summed E-state index contributed by atoms with van der Waals surface area (Å²) in [7, 11) is -3.88. The lowest BCUT2D eigenvalue weighted by Gasteiger charge is -2.31. The number of amides is 1. The van der Waals surface area contributed by atoms with Gasteiger partial charge in [-0.25, -0.2) is 8.42 Å². The second-order valence-electron chi connectivity index (χ2n) is 8.61. The number of aryl methyl sites for hydroxylation is 2. The summed E-state index contributed by atoms with van der Waals surface area (Å²) in [6, 6.07) is 17.5. The SMILES string of the molecule is Cc1ccc(CNC(=O)C2CCCN(S(=O)(=O)c3c(C)noc3C=Cc3ccccc3)C2)cc1. The first-order valence-corrected chi connectivity index (χ1v) is 12.8. The van der Waals surface area contributed by atoms with Crippen LogP contribution in [0.5, 0.6) is 0 Å². The highest BCUT2D eigenvalue weighted by molar-refractivity contribution is 7.89. The van der Waals surface area contributed by atoms with Crippen molar-refractivity contribution in [1.29, 1.82) is 0 Å². The zero-order valence-corrected chi connectivity index (χ0v) is 20.2. The topological polar surface area (TPSA) is 92.5 Å². The molecular weight excluding hydrogens is 450 g/mol. The van der Waals surface area contributed by atoms with Gasteiger partial charge in [-0.3, -0.25) is 4.79 Å². The van der Waals surface area contributed by atoms with Gasteiger partial charge in [-0.1, -0.05) is 71.4 Å². The Labute approximate surface area is 200 Å². The maximum atomic E-state index is 13.5. The number of benzene rings is 2. The lowest BCUT2D eigenvalue weighted by atomic mass is 9.98. The second-order valence-corrected chi connectivity index (χ2v) is 10.5. The van der Waals surface area contributed by atoms with Gasteiger partial charge < -0.3 is 9.84 Å². The molecule has 1 amide bonds. The van der Waals surface area contributed by atoms with Crippen molar-refractivity contribution in [2.45, 2.75) is 38.1 Å². The van der Waals surface area contributed by atoms with Crippen LogP contribution in [0, 0.1) is 19.8 Å². The van der Waals surface area contributed by atoms with Gasteiger partial charge in [0, 0.05) is 19.6 Å². The number of hydrogen-bond acceptors (Lipinski definition) is 5. The molecule has 1 fully saturated rings. The third kappa shape index (κ3) is 5.46. The molecule has 0 radical (unpaired) electrons. The lowest BCUT2D eigenvalue weighted by molar-refractivity contribution is -0.126. The van der Waals surface area contributed by atoms with Gasteiger partial charge in [0.15, 0.2) is 10.7 Å². The van der Waals surface area contributed by atoms with Crippen molar-refractivity contribution in [3.63, 3.8) is 0 Å². The average Bonchev–Trinajstić information content (AvgIpc) is 3.24. The highest BCUT2D eigenvalue weighted by Crippen LogP contribution is 2.29. The minimum Gasteiger partial charge on any atom is -0.355 e. The van der Waals surface area contributed by atoms with Crippen LogP contribution in [0.3, 0.4) is 0 Å². The Balaban J connectivity index is 1.47. The first-order chi connectivity index (χ1) is 16.3. The van der Waals surface area contributed by atoms with Crippen LogP contribution in [0.1, 0.15) is 41.0 Å². The summed E-state index contributed by atoms with van der Waals surface area (Å²) < 4.78 is 33.8. The Bertz CT molecular complexity index is 1270. The van der Waals surface area contributed by atoms with E-state index in [1.807, 2.05) is 61.5 Å². The maximum Gasteiger partial charge on any atom is 0.248 e. The van der Waals surface area contributed by atoms with E-state index in [1.54, 1.807) is 19.1 Å². The van der Waals surface area contributed by atoms with Gasteiger partial charge in [0.25, 0.3) is 0 Å². The van der Waals surface area contributed by atoms with Gasteiger partial charge in [-0.05, 0) is 43.9 Å². The number of sulfonamides is 1. The Kier molecular flexibility index (Phi) is 7.29. The summed E-state index contributed by atoms with van der Waals surface area (Å²) >= 11 is 0. The minimum atomic E-state index is -3.88. The van der Waals surface area contributed by atoms with Crippen molar-refractivity contribution < 1.29 is 17.7 Å². The molecule has 1 atom stereocenters. The van der Waals surface area contributed by atoms with Crippen molar-refractivity contribution in [2.24, 2.45) is 5.92 Å². The molecule has 0 saturated carbocycles. The van der Waals surface area contributed by atoms with E-state index in [9.17, 15) is 13.2 Å². The first-order valence-electron chi connectivity index (χ1n) is 11.4. The zero-order valence-electron chi connectivity index (χ0n) is 19.4. The molecule has 34 heavy (non-hydrogen) atoms. The van der Waals surface area contributed by atoms with Crippen molar-refractivity contribution in [2.75, 3.05) is 13.1 Å². The van der Waals surface area contributed by atoms with Gasteiger partial charge >= 0.3 is 0 Å². The Morgan fingerprint density at radius 3 is 2.59 bits per heavy atom. The first kappa shape index (κ1) is 23.9. The number of nitrogens with zero attached hydrogens (tertiary/aromatic N) is 2. The van der Waals surface area contributed by atoms with E-state index in [0.717, 1.165) is 16.7 Å². The van der Waals surface area contributed by atoms with Crippen molar-refractivity contribution in [3.05, 3.63) is 82.7 Å². The molecule has 2 heterocycles. The summed E-state index contributed by atoms with van der Waals surface area (Å²) in [5.74, 6) is -0.350. The largest absolute Gasteiger partial charge is 0.355 e. The number of carbonyl (C=O) groups is 1. The van der Waals surface area contributed by atoms with Crippen molar-refractivity contribution in [3.8, 4) is 0 Å². The van der Waals surface area contributed by atoms with Crippen LogP contribution in [0.25, 0.3) is 12.2 Å². The molecule has 1 aromatic heterocycles. The van der Waals surface area contributed by atoms with Crippen LogP contribution in [0.4, 0.5) is 0 Å². The molecule has 0 bridgehead atoms. The van der Waals surface area contributed by atoms with E-state index in [1.165, 1.54) is 4.31 Å². The molecule has 4 rings (SSSR count). The number of nitrogens with one attached hydrogen (secondary N) is 1. The third-order valence-corrected chi connectivity index (χ3v) is 8.02. The van der Waals surface area contributed by atoms with Crippen LogP contribution < -0.4 is 5.32 Å². The van der Waals surface area contributed by atoms with Crippen LogP contribution in [-0.4, -0.2) is 36.9 Å². The van der Waals surface area contributed by atoms with Crippen LogP contribution in [0.2, 0.25) is 0 Å². The molecule has 3 aromatic rings. The summed E-state index contributed by atoms with van der Waals surface area (Å²) in [4.78, 5) is 12.9. The van der Waals surface area contributed by atoms with E-state index in [4.69, 9.17) is 4.52 Å².